The van der Waals surface area contributed by atoms with Crippen molar-refractivity contribution in [3.8, 4) is 0 Å². The van der Waals surface area contributed by atoms with Gasteiger partial charge in [-0.1, -0.05) is 60.7 Å². The molecule has 0 aromatic heterocycles. The summed E-state index contributed by atoms with van der Waals surface area (Å²) in [7, 11) is 2.07. The van der Waals surface area contributed by atoms with Gasteiger partial charge in [-0.05, 0) is 18.1 Å². The largest absolute Gasteiger partial charge is 0.285 e. The van der Waals surface area contributed by atoms with E-state index in [1.807, 2.05) is 0 Å². The van der Waals surface area contributed by atoms with Crippen molar-refractivity contribution >= 4 is 5.71 Å². The van der Waals surface area contributed by atoms with Crippen LogP contribution in [0.15, 0.2) is 65.8 Å². The fourth-order valence-electron chi connectivity index (χ4n) is 3.03. The van der Waals surface area contributed by atoms with Gasteiger partial charge in [-0.25, -0.2) is 0 Å². The number of hydrazone groups is 1. The van der Waals surface area contributed by atoms with Crippen molar-refractivity contribution in [1.82, 2.24) is 5.01 Å². The highest BCUT2D eigenvalue weighted by molar-refractivity contribution is 5.85. The van der Waals surface area contributed by atoms with Gasteiger partial charge in [-0.15, -0.1) is 0 Å². The van der Waals surface area contributed by atoms with Crippen LogP contribution in [-0.4, -0.2) is 17.8 Å². The second-order valence-electron chi connectivity index (χ2n) is 5.13. The number of rotatable bonds is 2. The zero-order valence-electron chi connectivity index (χ0n) is 11.4. The molecule has 96 valence electrons. The van der Waals surface area contributed by atoms with Crippen molar-refractivity contribution in [2.45, 2.75) is 18.9 Å². The summed E-state index contributed by atoms with van der Waals surface area (Å²) in [5, 5.41) is 6.75. The zero-order valence-corrected chi connectivity index (χ0v) is 11.4. The lowest BCUT2D eigenvalue weighted by Gasteiger charge is -2.36. The second-order valence-corrected chi connectivity index (χ2v) is 5.13. The van der Waals surface area contributed by atoms with E-state index in [0.717, 1.165) is 6.42 Å². The molecule has 1 aliphatic rings. The van der Waals surface area contributed by atoms with Crippen LogP contribution in [0.2, 0.25) is 0 Å². The van der Waals surface area contributed by atoms with E-state index >= 15 is 0 Å². The molecule has 2 nitrogen and oxygen atoms in total. The number of benzene rings is 2. The van der Waals surface area contributed by atoms with Crippen LogP contribution in [0.5, 0.6) is 0 Å². The first-order chi connectivity index (χ1) is 9.23. The van der Waals surface area contributed by atoms with Crippen LogP contribution >= 0.6 is 0 Å². The Morgan fingerprint density at radius 3 is 1.74 bits per heavy atom. The van der Waals surface area contributed by atoms with Crippen LogP contribution in [-0.2, 0) is 5.54 Å². The van der Waals surface area contributed by atoms with E-state index in [9.17, 15) is 0 Å². The van der Waals surface area contributed by atoms with Crippen LogP contribution < -0.4 is 0 Å². The molecule has 1 aliphatic heterocycles. The van der Waals surface area contributed by atoms with Gasteiger partial charge in [-0.3, -0.25) is 5.01 Å². The maximum Gasteiger partial charge on any atom is 0.113 e. The van der Waals surface area contributed by atoms with Crippen molar-refractivity contribution in [3.05, 3.63) is 71.8 Å². The molecule has 0 saturated heterocycles. The molecule has 2 heteroatoms. The minimum Gasteiger partial charge on any atom is -0.285 e. The van der Waals surface area contributed by atoms with E-state index in [0.29, 0.717) is 0 Å². The molecule has 0 saturated carbocycles. The van der Waals surface area contributed by atoms with E-state index in [1.54, 1.807) is 0 Å². The maximum atomic E-state index is 4.65. The Balaban J connectivity index is 2.19. The van der Waals surface area contributed by atoms with Crippen LogP contribution in [0.1, 0.15) is 24.5 Å². The molecule has 2 aromatic rings. The smallest absolute Gasteiger partial charge is 0.113 e. The highest BCUT2D eigenvalue weighted by Gasteiger charge is 2.42. The summed E-state index contributed by atoms with van der Waals surface area (Å²) < 4.78 is 0. The molecule has 0 atom stereocenters. The molecular weight excluding hydrogens is 232 g/mol. The molecule has 19 heavy (non-hydrogen) atoms. The van der Waals surface area contributed by atoms with Gasteiger partial charge in [0, 0.05) is 19.2 Å². The van der Waals surface area contributed by atoms with E-state index in [1.165, 1.54) is 16.8 Å². The molecule has 0 unspecified atom stereocenters. The molecular formula is C17H18N2. The number of hydrogen-bond acceptors (Lipinski definition) is 2. The fourth-order valence-corrected chi connectivity index (χ4v) is 3.03. The summed E-state index contributed by atoms with van der Waals surface area (Å²) in [6, 6.07) is 21.3. The molecule has 0 spiro atoms. The topological polar surface area (TPSA) is 15.6 Å². The first kappa shape index (κ1) is 12.0. The predicted molar refractivity (Wildman–Crippen MR) is 79.2 cm³/mol. The van der Waals surface area contributed by atoms with E-state index in [-0.39, 0.29) is 5.54 Å². The lowest BCUT2D eigenvalue weighted by atomic mass is 9.79. The standard InChI is InChI=1S/C17H18N2/c1-14-13-17(19(2)18-14,15-9-5-3-6-10-15)16-11-7-4-8-12-16/h3-12H,13H2,1-2H3. The molecule has 0 amide bonds. The highest BCUT2D eigenvalue weighted by atomic mass is 15.5. The first-order valence-corrected chi connectivity index (χ1v) is 6.62. The average Bonchev–Trinajstić information content (AvgIpc) is 2.76. The molecule has 0 N–H and O–H groups in total. The predicted octanol–water partition coefficient (Wildman–Crippen LogP) is 3.64. The van der Waals surface area contributed by atoms with Crippen molar-refractivity contribution in [1.29, 1.82) is 0 Å². The number of hydrogen-bond donors (Lipinski definition) is 0. The third-order valence-corrected chi connectivity index (χ3v) is 3.89. The normalized spacial score (nSPS) is 17.4. The molecule has 0 aliphatic carbocycles. The summed E-state index contributed by atoms with van der Waals surface area (Å²) in [4.78, 5) is 0. The van der Waals surface area contributed by atoms with Crippen LogP contribution in [0.3, 0.4) is 0 Å². The van der Waals surface area contributed by atoms with Gasteiger partial charge in [-0.2, -0.15) is 5.10 Å². The van der Waals surface area contributed by atoms with Gasteiger partial charge in [0.15, 0.2) is 0 Å². The van der Waals surface area contributed by atoms with Crippen LogP contribution in [0.25, 0.3) is 0 Å². The van der Waals surface area contributed by atoms with Crippen molar-refractivity contribution in [2.24, 2.45) is 5.10 Å². The van der Waals surface area contributed by atoms with Crippen molar-refractivity contribution < 1.29 is 0 Å². The average molecular weight is 250 g/mol. The fraction of sp³-hybridized carbons (Fsp3) is 0.235. The Hall–Kier alpha value is -2.09. The van der Waals surface area contributed by atoms with Gasteiger partial charge in [0.2, 0.25) is 0 Å². The minimum atomic E-state index is -0.160. The van der Waals surface area contributed by atoms with Crippen molar-refractivity contribution in [2.75, 3.05) is 7.05 Å². The van der Waals surface area contributed by atoms with E-state index in [4.69, 9.17) is 0 Å². The quantitative estimate of drug-likeness (QED) is 0.794. The summed E-state index contributed by atoms with van der Waals surface area (Å²) in [5.74, 6) is 0. The SMILES string of the molecule is CC1=NN(C)C(c2ccccc2)(c2ccccc2)C1. The molecule has 0 radical (unpaired) electrons. The van der Waals surface area contributed by atoms with Gasteiger partial charge in [0.05, 0.1) is 0 Å². The molecule has 1 heterocycles. The molecule has 3 rings (SSSR count). The van der Waals surface area contributed by atoms with Crippen LogP contribution in [0.4, 0.5) is 0 Å². The summed E-state index contributed by atoms with van der Waals surface area (Å²) >= 11 is 0. The summed E-state index contributed by atoms with van der Waals surface area (Å²) in [6.07, 6.45) is 0.942. The van der Waals surface area contributed by atoms with Crippen molar-refractivity contribution in [3.63, 3.8) is 0 Å². The first-order valence-electron chi connectivity index (χ1n) is 6.62. The highest BCUT2D eigenvalue weighted by Crippen LogP contribution is 2.42. The zero-order chi connectivity index (χ0) is 13.3. The van der Waals surface area contributed by atoms with Gasteiger partial charge in [0.1, 0.15) is 5.54 Å². The summed E-state index contributed by atoms with van der Waals surface area (Å²) in [5.41, 5.74) is 3.61. The van der Waals surface area contributed by atoms with Gasteiger partial charge in [0.25, 0.3) is 0 Å². The van der Waals surface area contributed by atoms with E-state index in [2.05, 4.69) is 84.7 Å². The van der Waals surface area contributed by atoms with Gasteiger partial charge < -0.3 is 0 Å². The Kier molecular flexibility index (Phi) is 2.86. The lowest BCUT2D eigenvalue weighted by molar-refractivity contribution is 0.198. The summed E-state index contributed by atoms with van der Waals surface area (Å²) in [6.45, 7) is 2.10. The Labute approximate surface area is 114 Å². The maximum absolute atomic E-state index is 4.65. The third kappa shape index (κ3) is 1.84. The van der Waals surface area contributed by atoms with Gasteiger partial charge >= 0.3 is 0 Å². The Morgan fingerprint density at radius 1 is 0.895 bits per heavy atom. The third-order valence-electron chi connectivity index (χ3n) is 3.89. The molecule has 0 bridgehead atoms. The minimum absolute atomic E-state index is 0.160. The Morgan fingerprint density at radius 2 is 1.37 bits per heavy atom. The monoisotopic (exact) mass is 250 g/mol. The van der Waals surface area contributed by atoms with Crippen LogP contribution in [0, 0.1) is 0 Å². The number of nitrogens with zero attached hydrogens (tertiary/aromatic N) is 2. The second kappa shape index (κ2) is 4.54. The Bertz CT molecular complexity index is 548. The lowest BCUT2D eigenvalue weighted by Crippen LogP contribution is -2.38. The molecule has 2 aromatic carbocycles. The van der Waals surface area contributed by atoms with E-state index < -0.39 is 0 Å². The molecule has 0 fully saturated rings.